The molecule has 0 aliphatic rings. The highest BCUT2D eigenvalue weighted by Crippen LogP contribution is 2.13. The van der Waals surface area contributed by atoms with Crippen molar-refractivity contribution in [2.24, 2.45) is 0 Å². The Morgan fingerprint density at radius 1 is 0.707 bits per heavy atom. The molecule has 0 radical (unpaired) electrons. The van der Waals surface area contributed by atoms with Crippen LogP contribution >= 0.6 is 0 Å². The number of ether oxygens (including phenoxy) is 3. The Bertz CT molecular complexity index is 1130. The topological polar surface area (TPSA) is 132 Å². The van der Waals surface area contributed by atoms with E-state index < -0.39 is 47.3 Å². The minimum atomic E-state index is -1.04. The average Bonchev–Trinajstić information content (AvgIpc) is 2.88. The van der Waals surface area contributed by atoms with E-state index in [1.54, 1.807) is 41.5 Å². The van der Waals surface area contributed by atoms with E-state index in [0.29, 0.717) is 6.42 Å². The lowest BCUT2D eigenvalue weighted by Crippen LogP contribution is -2.53. The molecule has 2 aromatic rings. The van der Waals surface area contributed by atoms with Crippen molar-refractivity contribution in [2.45, 2.75) is 90.7 Å². The number of carbonyl (C=O) groups excluding carboxylic acids is 4. The molecule has 0 aromatic heterocycles. The zero-order valence-corrected chi connectivity index (χ0v) is 24.8. The van der Waals surface area contributed by atoms with Gasteiger partial charge in [0.25, 0.3) is 0 Å². The van der Waals surface area contributed by atoms with Crippen molar-refractivity contribution in [3.8, 4) is 0 Å². The molecule has 3 amide bonds. The van der Waals surface area contributed by atoms with Crippen molar-refractivity contribution < 1.29 is 33.4 Å². The highest BCUT2D eigenvalue weighted by Gasteiger charge is 2.30. The second kappa shape index (κ2) is 15.6. The molecule has 2 aromatic carbocycles. The van der Waals surface area contributed by atoms with Gasteiger partial charge in [-0.25, -0.2) is 14.4 Å². The predicted octanol–water partition coefficient (Wildman–Crippen LogP) is 4.66. The normalized spacial score (nSPS) is 12.8. The first-order valence-electron chi connectivity index (χ1n) is 13.7. The molecule has 224 valence electrons. The molecule has 0 heterocycles. The molecule has 0 bridgehead atoms. The first-order valence-corrected chi connectivity index (χ1v) is 13.7. The van der Waals surface area contributed by atoms with E-state index in [1.807, 2.05) is 60.7 Å². The lowest BCUT2D eigenvalue weighted by atomic mass is 10.0. The number of nitrogens with one attached hydrogen (secondary N) is 3. The summed E-state index contributed by atoms with van der Waals surface area (Å²) in [6.45, 7) is 10.7. The summed E-state index contributed by atoms with van der Waals surface area (Å²) >= 11 is 0. The van der Waals surface area contributed by atoms with E-state index >= 15 is 0 Å². The van der Waals surface area contributed by atoms with E-state index in [9.17, 15) is 19.2 Å². The zero-order valence-electron chi connectivity index (χ0n) is 24.8. The highest BCUT2D eigenvalue weighted by atomic mass is 16.6. The third-order valence-electron chi connectivity index (χ3n) is 5.45. The maximum Gasteiger partial charge on any atom is 0.408 e. The van der Waals surface area contributed by atoms with Crippen LogP contribution in [0.15, 0.2) is 60.7 Å². The molecule has 0 saturated carbocycles. The van der Waals surface area contributed by atoms with Gasteiger partial charge in [-0.2, -0.15) is 0 Å². The van der Waals surface area contributed by atoms with Gasteiger partial charge in [-0.15, -0.1) is 0 Å². The molecule has 0 saturated heterocycles. The van der Waals surface area contributed by atoms with Crippen molar-refractivity contribution in [1.82, 2.24) is 16.0 Å². The number of carbonyl (C=O) groups is 4. The van der Waals surface area contributed by atoms with Gasteiger partial charge in [0, 0.05) is 13.0 Å². The van der Waals surface area contributed by atoms with E-state index in [2.05, 4.69) is 16.0 Å². The fourth-order valence-electron chi connectivity index (χ4n) is 3.67. The first-order chi connectivity index (χ1) is 19.2. The monoisotopic (exact) mass is 569 g/mol. The Kier molecular flexibility index (Phi) is 12.6. The van der Waals surface area contributed by atoms with Gasteiger partial charge >= 0.3 is 18.2 Å². The predicted molar refractivity (Wildman–Crippen MR) is 155 cm³/mol. The van der Waals surface area contributed by atoms with Gasteiger partial charge in [0.2, 0.25) is 5.91 Å². The lowest BCUT2D eigenvalue weighted by molar-refractivity contribution is -0.158. The van der Waals surface area contributed by atoms with E-state index in [1.165, 1.54) is 0 Å². The summed E-state index contributed by atoms with van der Waals surface area (Å²) < 4.78 is 16.1. The molecule has 10 nitrogen and oxygen atoms in total. The number of benzene rings is 2. The zero-order chi connectivity index (χ0) is 30.5. The molecule has 0 spiro atoms. The third kappa shape index (κ3) is 14.2. The molecule has 10 heteroatoms. The number of alkyl carbamates (subject to hydrolysis) is 2. The summed E-state index contributed by atoms with van der Waals surface area (Å²) in [7, 11) is 0. The second-order valence-electron chi connectivity index (χ2n) is 11.6. The standard InChI is InChI=1S/C31H43N3O7/c1-30(2,3)40-27(36)25(20-22-14-9-7-10-15-22)33-26(35)24(18-13-19-32-28(37)41-31(4,5)6)34-29(38)39-21-23-16-11-8-12-17-23/h7-12,14-17,24-25H,13,18-21H2,1-6H3,(H,32,37)(H,33,35)(H,34,38). The molecule has 3 N–H and O–H groups in total. The Labute approximate surface area is 242 Å². The van der Waals surface area contributed by atoms with Crippen molar-refractivity contribution >= 4 is 24.1 Å². The largest absolute Gasteiger partial charge is 0.458 e. The average molecular weight is 570 g/mol. The minimum Gasteiger partial charge on any atom is -0.458 e. The highest BCUT2D eigenvalue weighted by molar-refractivity contribution is 5.89. The molecule has 0 aliphatic carbocycles. The van der Waals surface area contributed by atoms with Gasteiger partial charge in [0.05, 0.1) is 0 Å². The molecule has 2 rings (SSSR count). The Hall–Kier alpha value is -4.08. The van der Waals surface area contributed by atoms with Gasteiger partial charge < -0.3 is 30.2 Å². The summed E-state index contributed by atoms with van der Waals surface area (Å²) in [5.74, 6) is -1.17. The Morgan fingerprint density at radius 3 is 1.83 bits per heavy atom. The van der Waals surface area contributed by atoms with Crippen LogP contribution in [0, 0.1) is 0 Å². The van der Waals surface area contributed by atoms with Crippen LogP contribution in [0.1, 0.15) is 65.5 Å². The first kappa shape index (κ1) is 33.1. The molecule has 2 unspecified atom stereocenters. The molecular formula is C31H43N3O7. The summed E-state index contributed by atoms with van der Waals surface area (Å²) in [5, 5.41) is 7.99. The van der Waals surface area contributed by atoms with E-state index in [-0.39, 0.29) is 26.0 Å². The number of rotatable bonds is 12. The fraction of sp³-hybridized carbons (Fsp3) is 0.484. The maximum absolute atomic E-state index is 13.4. The van der Waals surface area contributed by atoms with Gasteiger partial charge in [-0.3, -0.25) is 4.79 Å². The van der Waals surface area contributed by atoms with Crippen LogP contribution in [0.3, 0.4) is 0 Å². The smallest absolute Gasteiger partial charge is 0.408 e. The summed E-state index contributed by atoms with van der Waals surface area (Å²) in [5.41, 5.74) is 0.213. The SMILES string of the molecule is CC(C)(C)OC(=O)NCCCC(NC(=O)OCc1ccccc1)C(=O)NC(Cc1ccccc1)C(=O)OC(C)(C)C. The second-order valence-corrected chi connectivity index (χ2v) is 11.6. The quantitative estimate of drug-likeness (QED) is 0.192. The number of hydrogen-bond donors (Lipinski definition) is 3. The van der Waals surface area contributed by atoms with Crippen LogP contribution in [0.2, 0.25) is 0 Å². The molecule has 0 fully saturated rings. The Morgan fingerprint density at radius 2 is 1.27 bits per heavy atom. The summed E-state index contributed by atoms with van der Waals surface area (Å²) in [6.07, 6.45) is -0.666. The maximum atomic E-state index is 13.4. The van der Waals surface area contributed by atoms with Crippen LogP contribution < -0.4 is 16.0 Å². The third-order valence-corrected chi connectivity index (χ3v) is 5.45. The van der Waals surface area contributed by atoms with Crippen molar-refractivity contribution in [3.05, 3.63) is 71.8 Å². The van der Waals surface area contributed by atoms with Crippen molar-refractivity contribution in [3.63, 3.8) is 0 Å². The van der Waals surface area contributed by atoms with Crippen LogP contribution in [-0.2, 0) is 36.8 Å². The molecule has 2 atom stereocenters. The molecular weight excluding hydrogens is 526 g/mol. The van der Waals surface area contributed by atoms with E-state index in [4.69, 9.17) is 14.2 Å². The Balaban J connectivity index is 2.11. The van der Waals surface area contributed by atoms with Gasteiger partial charge in [0.15, 0.2) is 0 Å². The van der Waals surface area contributed by atoms with Crippen LogP contribution in [0.5, 0.6) is 0 Å². The van der Waals surface area contributed by atoms with Crippen molar-refractivity contribution in [2.75, 3.05) is 6.54 Å². The molecule has 0 aliphatic heterocycles. The van der Waals surface area contributed by atoms with Gasteiger partial charge in [0.1, 0.15) is 29.9 Å². The summed E-state index contributed by atoms with van der Waals surface area (Å²) in [6, 6.07) is 16.3. The fourth-order valence-corrected chi connectivity index (χ4v) is 3.67. The number of esters is 1. The van der Waals surface area contributed by atoms with E-state index in [0.717, 1.165) is 11.1 Å². The van der Waals surface area contributed by atoms with Crippen molar-refractivity contribution in [1.29, 1.82) is 0 Å². The van der Waals surface area contributed by atoms with Gasteiger partial charge in [-0.05, 0) is 65.5 Å². The lowest BCUT2D eigenvalue weighted by Gasteiger charge is -2.26. The van der Waals surface area contributed by atoms with Crippen LogP contribution in [-0.4, -0.2) is 53.9 Å². The minimum absolute atomic E-state index is 0.0236. The van der Waals surface area contributed by atoms with Crippen LogP contribution in [0.4, 0.5) is 9.59 Å². The molecule has 41 heavy (non-hydrogen) atoms. The van der Waals surface area contributed by atoms with Gasteiger partial charge in [-0.1, -0.05) is 60.7 Å². The van der Waals surface area contributed by atoms with Crippen LogP contribution in [0.25, 0.3) is 0 Å². The summed E-state index contributed by atoms with van der Waals surface area (Å²) in [4.78, 5) is 51.1. The number of hydrogen-bond acceptors (Lipinski definition) is 7. The number of amides is 3.